The molecule has 2 aliphatic heterocycles. The third-order valence-corrected chi connectivity index (χ3v) is 4.56. The summed E-state index contributed by atoms with van der Waals surface area (Å²) in [5.41, 5.74) is 0.441. The van der Waals surface area contributed by atoms with Gasteiger partial charge in [0.25, 0.3) is 11.8 Å². The van der Waals surface area contributed by atoms with Crippen LogP contribution in [0.5, 0.6) is 0 Å². The van der Waals surface area contributed by atoms with E-state index < -0.39 is 29.8 Å². The number of amides is 3. The number of imide groups is 1. The molecular formula is C19H22N2O6. The van der Waals surface area contributed by atoms with Gasteiger partial charge >= 0.3 is 12.1 Å². The van der Waals surface area contributed by atoms with Crippen LogP contribution in [0.25, 0.3) is 0 Å². The zero-order valence-corrected chi connectivity index (χ0v) is 15.3. The molecule has 0 N–H and O–H groups in total. The smallest absolute Gasteiger partial charge is 0.409 e. The van der Waals surface area contributed by atoms with Crippen molar-refractivity contribution in [3.05, 3.63) is 35.4 Å². The average Bonchev–Trinajstić information content (AvgIpc) is 2.91. The zero-order valence-electron chi connectivity index (χ0n) is 15.3. The third kappa shape index (κ3) is 3.94. The second-order valence-corrected chi connectivity index (χ2v) is 7.09. The second-order valence-electron chi connectivity index (χ2n) is 7.09. The van der Waals surface area contributed by atoms with Crippen molar-refractivity contribution in [2.45, 2.75) is 26.7 Å². The Morgan fingerprint density at radius 2 is 1.63 bits per heavy atom. The van der Waals surface area contributed by atoms with Crippen LogP contribution in [0.1, 0.15) is 47.4 Å². The minimum Gasteiger partial charge on any atom is -0.449 e. The van der Waals surface area contributed by atoms with Gasteiger partial charge in [-0.05, 0) is 30.9 Å². The standard InChI is InChI=1S/C19H22N2O6/c1-12(2)11-26-19(25)20-9-7-13(8-10-20)18(24)27-21-16(22)14-5-3-4-6-15(14)17(21)23/h3-6,12-13H,7-11H2,1-2H3. The number of nitrogens with zero attached hydrogens (tertiary/aromatic N) is 2. The van der Waals surface area contributed by atoms with Crippen molar-refractivity contribution < 1.29 is 28.8 Å². The first-order chi connectivity index (χ1) is 12.9. The first-order valence-electron chi connectivity index (χ1n) is 8.99. The molecule has 2 heterocycles. The molecule has 27 heavy (non-hydrogen) atoms. The van der Waals surface area contributed by atoms with Crippen LogP contribution in [0.2, 0.25) is 0 Å². The van der Waals surface area contributed by atoms with Gasteiger partial charge in [-0.1, -0.05) is 31.0 Å². The van der Waals surface area contributed by atoms with E-state index in [1.54, 1.807) is 17.0 Å². The molecule has 1 aromatic carbocycles. The molecule has 8 heteroatoms. The predicted molar refractivity (Wildman–Crippen MR) is 93.5 cm³/mol. The number of likely N-dealkylation sites (tertiary alicyclic amines) is 1. The Bertz CT molecular complexity index is 732. The van der Waals surface area contributed by atoms with Gasteiger partial charge in [-0.2, -0.15) is 0 Å². The van der Waals surface area contributed by atoms with Gasteiger partial charge in [-0.25, -0.2) is 9.59 Å². The van der Waals surface area contributed by atoms with Crippen molar-refractivity contribution in [2.75, 3.05) is 19.7 Å². The average molecular weight is 374 g/mol. The van der Waals surface area contributed by atoms with Crippen molar-refractivity contribution in [3.8, 4) is 0 Å². The van der Waals surface area contributed by atoms with E-state index in [0.29, 0.717) is 37.6 Å². The van der Waals surface area contributed by atoms with Crippen molar-refractivity contribution in [1.82, 2.24) is 9.96 Å². The Kier molecular flexibility index (Phi) is 5.43. The minimum absolute atomic E-state index is 0.220. The first kappa shape index (κ1) is 18.9. The summed E-state index contributed by atoms with van der Waals surface area (Å²) in [5, 5.41) is 0.524. The molecule has 2 aliphatic rings. The maximum absolute atomic E-state index is 12.4. The quantitative estimate of drug-likeness (QED) is 0.751. The SMILES string of the molecule is CC(C)COC(=O)N1CCC(C(=O)ON2C(=O)c3ccccc3C2=O)CC1. The zero-order chi connectivity index (χ0) is 19.6. The van der Waals surface area contributed by atoms with E-state index in [-0.39, 0.29) is 17.0 Å². The molecule has 3 rings (SSSR count). The van der Waals surface area contributed by atoms with E-state index in [4.69, 9.17) is 9.57 Å². The number of carbonyl (C=O) groups excluding carboxylic acids is 4. The molecule has 0 aliphatic carbocycles. The number of piperidine rings is 1. The van der Waals surface area contributed by atoms with Gasteiger partial charge in [0.05, 0.1) is 23.7 Å². The molecule has 1 saturated heterocycles. The van der Waals surface area contributed by atoms with E-state index in [1.165, 1.54) is 12.1 Å². The maximum atomic E-state index is 12.4. The summed E-state index contributed by atoms with van der Waals surface area (Å²) in [4.78, 5) is 55.5. The summed E-state index contributed by atoms with van der Waals surface area (Å²) in [6, 6.07) is 6.32. The summed E-state index contributed by atoms with van der Waals surface area (Å²) < 4.78 is 5.18. The summed E-state index contributed by atoms with van der Waals surface area (Å²) in [5.74, 6) is -2.15. The molecule has 0 bridgehead atoms. The number of hydroxylamine groups is 2. The number of rotatable bonds is 4. The van der Waals surface area contributed by atoms with Crippen molar-refractivity contribution in [2.24, 2.45) is 11.8 Å². The predicted octanol–water partition coefficient (Wildman–Crippen LogP) is 2.25. The van der Waals surface area contributed by atoms with E-state index in [0.717, 1.165) is 0 Å². The number of fused-ring (bicyclic) bond motifs is 1. The maximum Gasteiger partial charge on any atom is 0.409 e. The summed E-state index contributed by atoms with van der Waals surface area (Å²) >= 11 is 0. The molecule has 0 unspecified atom stereocenters. The minimum atomic E-state index is -0.640. The Morgan fingerprint density at radius 3 is 2.15 bits per heavy atom. The normalized spacial score (nSPS) is 17.3. The summed E-state index contributed by atoms with van der Waals surface area (Å²) in [7, 11) is 0. The van der Waals surface area contributed by atoms with Crippen LogP contribution < -0.4 is 0 Å². The first-order valence-corrected chi connectivity index (χ1v) is 8.99. The largest absolute Gasteiger partial charge is 0.449 e. The molecular weight excluding hydrogens is 352 g/mol. The van der Waals surface area contributed by atoms with Crippen molar-refractivity contribution >= 4 is 23.9 Å². The van der Waals surface area contributed by atoms with Crippen LogP contribution in [0.3, 0.4) is 0 Å². The molecule has 144 valence electrons. The number of carbonyl (C=O) groups is 4. The molecule has 1 fully saturated rings. The topological polar surface area (TPSA) is 93.2 Å². The highest BCUT2D eigenvalue weighted by Crippen LogP contribution is 2.25. The van der Waals surface area contributed by atoms with Gasteiger partial charge in [0.15, 0.2) is 0 Å². The van der Waals surface area contributed by atoms with E-state index in [9.17, 15) is 19.2 Å². The molecule has 1 aromatic rings. The van der Waals surface area contributed by atoms with E-state index in [1.807, 2.05) is 13.8 Å². The molecule has 0 spiro atoms. The molecule has 0 saturated carbocycles. The second kappa shape index (κ2) is 7.77. The Morgan fingerprint density at radius 1 is 1.07 bits per heavy atom. The van der Waals surface area contributed by atoms with Gasteiger partial charge in [0, 0.05) is 13.1 Å². The number of benzene rings is 1. The van der Waals surface area contributed by atoms with Gasteiger partial charge in [0.1, 0.15) is 0 Å². The van der Waals surface area contributed by atoms with Gasteiger partial charge < -0.3 is 14.5 Å². The summed E-state index contributed by atoms with van der Waals surface area (Å²) in [6.07, 6.45) is 0.383. The highest BCUT2D eigenvalue weighted by Gasteiger charge is 2.40. The lowest BCUT2D eigenvalue weighted by molar-refractivity contribution is -0.175. The van der Waals surface area contributed by atoms with E-state index in [2.05, 4.69) is 0 Å². The third-order valence-electron chi connectivity index (χ3n) is 4.56. The fourth-order valence-corrected chi connectivity index (χ4v) is 3.04. The number of hydrogen-bond acceptors (Lipinski definition) is 6. The van der Waals surface area contributed by atoms with Crippen LogP contribution in [0, 0.1) is 11.8 Å². The van der Waals surface area contributed by atoms with Gasteiger partial charge in [0.2, 0.25) is 0 Å². The van der Waals surface area contributed by atoms with Crippen LogP contribution in [0.15, 0.2) is 24.3 Å². The van der Waals surface area contributed by atoms with Gasteiger partial charge in [-0.3, -0.25) is 9.59 Å². The fraction of sp³-hybridized carbons (Fsp3) is 0.474. The molecule has 3 amide bonds. The Balaban J connectivity index is 1.53. The van der Waals surface area contributed by atoms with Crippen LogP contribution >= 0.6 is 0 Å². The van der Waals surface area contributed by atoms with Crippen LogP contribution in [-0.2, 0) is 14.4 Å². The Labute approximate surface area is 157 Å². The monoisotopic (exact) mass is 374 g/mol. The lowest BCUT2D eigenvalue weighted by Gasteiger charge is -2.30. The molecule has 0 radical (unpaired) electrons. The van der Waals surface area contributed by atoms with Crippen molar-refractivity contribution in [3.63, 3.8) is 0 Å². The molecule has 0 aromatic heterocycles. The highest BCUT2D eigenvalue weighted by molar-refractivity contribution is 6.20. The Hall–Kier alpha value is -2.90. The lowest BCUT2D eigenvalue weighted by Crippen LogP contribution is -2.43. The van der Waals surface area contributed by atoms with Gasteiger partial charge in [-0.15, -0.1) is 0 Å². The molecule has 0 atom stereocenters. The van der Waals surface area contributed by atoms with Crippen molar-refractivity contribution in [1.29, 1.82) is 0 Å². The highest BCUT2D eigenvalue weighted by atomic mass is 16.7. The molecule has 8 nitrogen and oxygen atoms in total. The fourth-order valence-electron chi connectivity index (χ4n) is 3.04. The lowest BCUT2D eigenvalue weighted by atomic mass is 9.97. The number of ether oxygens (including phenoxy) is 1. The number of hydrogen-bond donors (Lipinski definition) is 0. The summed E-state index contributed by atoms with van der Waals surface area (Å²) in [6.45, 7) is 4.97. The van der Waals surface area contributed by atoms with Crippen LogP contribution in [-0.4, -0.2) is 53.5 Å². The van der Waals surface area contributed by atoms with Crippen LogP contribution in [0.4, 0.5) is 4.79 Å². The van der Waals surface area contributed by atoms with E-state index >= 15 is 0 Å².